The Labute approximate surface area is 142 Å². The first-order valence-corrected chi connectivity index (χ1v) is 11.5. The Kier molecular flexibility index (Phi) is 5.30. The Hall–Kier alpha value is -1.61. The lowest BCUT2D eigenvalue weighted by molar-refractivity contribution is 0.0998. The van der Waals surface area contributed by atoms with Crippen LogP contribution in [0.4, 0.5) is 0 Å². The predicted molar refractivity (Wildman–Crippen MR) is 103 cm³/mol. The summed E-state index contributed by atoms with van der Waals surface area (Å²) in [5.41, 5.74) is 11.5. The summed E-state index contributed by atoms with van der Waals surface area (Å²) in [4.78, 5) is 12.3. The lowest BCUT2D eigenvalue weighted by Gasteiger charge is -2.26. The molecular formula is C20H29NOSi. The molecule has 0 radical (unpaired) electrons. The van der Waals surface area contributed by atoms with Gasteiger partial charge in [-0.3, -0.25) is 4.79 Å². The Morgan fingerprint density at radius 1 is 1.17 bits per heavy atom. The number of amides is 1. The third-order valence-corrected chi connectivity index (χ3v) is 6.29. The van der Waals surface area contributed by atoms with Crippen molar-refractivity contribution in [3.8, 4) is 0 Å². The summed E-state index contributed by atoms with van der Waals surface area (Å²) in [6.07, 6.45) is 7.45. The van der Waals surface area contributed by atoms with Crippen LogP contribution >= 0.6 is 0 Å². The van der Waals surface area contributed by atoms with Gasteiger partial charge in [-0.2, -0.15) is 0 Å². The maximum Gasteiger partial charge on any atom is 0.249 e. The van der Waals surface area contributed by atoms with E-state index in [9.17, 15) is 4.79 Å². The SMILES string of the molecule is CC(C)c1cc([SiH](C)C)c(C2=CC=CC2)c(C(C)C)c1C(N)=O. The molecule has 2 N–H and O–H groups in total. The van der Waals surface area contributed by atoms with E-state index in [0.29, 0.717) is 5.92 Å². The van der Waals surface area contributed by atoms with Crippen molar-refractivity contribution in [2.24, 2.45) is 5.73 Å². The number of hydrogen-bond donors (Lipinski definition) is 1. The molecule has 0 fully saturated rings. The summed E-state index contributed by atoms with van der Waals surface area (Å²) < 4.78 is 0. The number of nitrogens with two attached hydrogens (primary N) is 1. The first-order valence-electron chi connectivity index (χ1n) is 8.62. The van der Waals surface area contributed by atoms with Crippen LogP contribution in [0, 0.1) is 0 Å². The first kappa shape index (κ1) is 17.7. The fourth-order valence-electron chi connectivity index (χ4n) is 3.50. The van der Waals surface area contributed by atoms with Gasteiger partial charge in [-0.25, -0.2) is 0 Å². The molecule has 1 aromatic rings. The molecule has 1 amide bonds. The molecule has 0 saturated heterocycles. The second kappa shape index (κ2) is 6.87. The molecule has 3 heteroatoms. The van der Waals surface area contributed by atoms with Crippen LogP contribution in [0.2, 0.25) is 13.1 Å². The second-order valence-corrected chi connectivity index (χ2v) is 10.3. The molecule has 0 bridgehead atoms. The zero-order chi connectivity index (χ0) is 17.3. The molecule has 124 valence electrons. The average Bonchev–Trinajstić information content (AvgIpc) is 2.98. The van der Waals surface area contributed by atoms with E-state index in [1.807, 2.05) is 0 Å². The Bertz CT molecular complexity index is 681. The van der Waals surface area contributed by atoms with Gasteiger partial charge in [-0.05, 0) is 40.5 Å². The summed E-state index contributed by atoms with van der Waals surface area (Å²) >= 11 is 0. The highest BCUT2D eigenvalue weighted by Gasteiger charge is 2.27. The topological polar surface area (TPSA) is 43.1 Å². The molecule has 0 aromatic heterocycles. The molecule has 0 heterocycles. The van der Waals surface area contributed by atoms with Crippen LogP contribution in [0.3, 0.4) is 0 Å². The zero-order valence-corrected chi connectivity index (χ0v) is 16.4. The third kappa shape index (κ3) is 3.35. The lowest BCUT2D eigenvalue weighted by Crippen LogP contribution is -2.32. The molecule has 1 aliphatic rings. The van der Waals surface area contributed by atoms with E-state index in [2.05, 4.69) is 65.1 Å². The van der Waals surface area contributed by atoms with Gasteiger partial charge in [0, 0.05) is 5.56 Å². The maximum absolute atomic E-state index is 12.3. The van der Waals surface area contributed by atoms with Crippen LogP contribution in [0.15, 0.2) is 24.3 Å². The van der Waals surface area contributed by atoms with E-state index in [1.54, 1.807) is 0 Å². The van der Waals surface area contributed by atoms with E-state index < -0.39 is 8.80 Å². The number of primary amides is 1. The highest BCUT2D eigenvalue weighted by molar-refractivity contribution is 6.71. The van der Waals surface area contributed by atoms with Crippen LogP contribution in [0.1, 0.15) is 73.0 Å². The smallest absolute Gasteiger partial charge is 0.249 e. The quantitative estimate of drug-likeness (QED) is 0.814. The van der Waals surface area contributed by atoms with Crippen LogP contribution in [0.25, 0.3) is 5.57 Å². The molecule has 0 saturated carbocycles. The predicted octanol–water partition coefficient (Wildman–Crippen LogP) is 4.07. The number of benzene rings is 1. The lowest BCUT2D eigenvalue weighted by atomic mass is 9.82. The number of carbonyl (C=O) groups excluding carboxylic acids is 1. The fourth-order valence-corrected chi connectivity index (χ4v) is 4.93. The van der Waals surface area contributed by atoms with Gasteiger partial charge in [0.05, 0.1) is 8.80 Å². The summed E-state index contributed by atoms with van der Waals surface area (Å²) in [5, 5.41) is 1.47. The Balaban J connectivity index is 2.92. The van der Waals surface area contributed by atoms with Crippen molar-refractivity contribution in [3.05, 3.63) is 46.5 Å². The molecule has 0 atom stereocenters. The van der Waals surface area contributed by atoms with Crippen molar-refractivity contribution < 1.29 is 4.79 Å². The van der Waals surface area contributed by atoms with Gasteiger partial charge in [-0.1, -0.05) is 70.3 Å². The molecule has 0 aliphatic heterocycles. The van der Waals surface area contributed by atoms with Gasteiger partial charge in [0.1, 0.15) is 0 Å². The molecule has 0 unspecified atom stereocenters. The van der Waals surface area contributed by atoms with Crippen LogP contribution < -0.4 is 10.9 Å². The van der Waals surface area contributed by atoms with Gasteiger partial charge in [0.25, 0.3) is 0 Å². The van der Waals surface area contributed by atoms with Gasteiger partial charge in [0.2, 0.25) is 5.91 Å². The van der Waals surface area contributed by atoms with E-state index in [1.165, 1.54) is 16.3 Å². The van der Waals surface area contributed by atoms with Gasteiger partial charge in [-0.15, -0.1) is 0 Å². The average molecular weight is 328 g/mol. The minimum atomic E-state index is -1.04. The van der Waals surface area contributed by atoms with E-state index >= 15 is 0 Å². The molecule has 2 nitrogen and oxygen atoms in total. The van der Waals surface area contributed by atoms with Gasteiger partial charge >= 0.3 is 0 Å². The van der Waals surface area contributed by atoms with Crippen molar-refractivity contribution >= 4 is 25.5 Å². The van der Waals surface area contributed by atoms with Crippen molar-refractivity contribution in [2.45, 2.75) is 59.0 Å². The van der Waals surface area contributed by atoms with Crippen molar-refractivity contribution in [3.63, 3.8) is 0 Å². The van der Waals surface area contributed by atoms with E-state index in [-0.39, 0.29) is 11.8 Å². The standard InChI is InChI=1S/C20H29NOSi/c1-12(2)15-11-16(23(5)6)18(14-9-7-8-10-14)17(13(3)4)19(15)20(21)22/h7-9,11-13,23H,10H2,1-6H3,(H2,21,22). The van der Waals surface area contributed by atoms with E-state index in [4.69, 9.17) is 5.73 Å². The summed E-state index contributed by atoms with van der Waals surface area (Å²) in [7, 11) is -1.04. The van der Waals surface area contributed by atoms with Crippen LogP contribution in [-0.4, -0.2) is 14.7 Å². The highest BCUT2D eigenvalue weighted by Crippen LogP contribution is 2.35. The van der Waals surface area contributed by atoms with Crippen LogP contribution in [0.5, 0.6) is 0 Å². The summed E-state index contributed by atoms with van der Waals surface area (Å²) in [6, 6.07) is 2.28. The van der Waals surface area contributed by atoms with Gasteiger partial charge < -0.3 is 5.73 Å². The van der Waals surface area contributed by atoms with Crippen molar-refractivity contribution in [1.82, 2.24) is 0 Å². The number of hydrogen-bond acceptors (Lipinski definition) is 1. The summed E-state index contributed by atoms with van der Waals surface area (Å²) in [5.74, 6) is 0.285. The molecular weight excluding hydrogens is 298 g/mol. The minimum Gasteiger partial charge on any atom is -0.366 e. The van der Waals surface area contributed by atoms with Crippen molar-refractivity contribution in [1.29, 1.82) is 0 Å². The second-order valence-electron chi connectivity index (χ2n) is 7.37. The maximum atomic E-state index is 12.3. The first-order chi connectivity index (χ1) is 10.8. The molecule has 1 aliphatic carbocycles. The van der Waals surface area contributed by atoms with Crippen LogP contribution in [-0.2, 0) is 0 Å². The van der Waals surface area contributed by atoms with Gasteiger partial charge in [0.15, 0.2) is 0 Å². The highest BCUT2D eigenvalue weighted by atomic mass is 28.3. The molecule has 1 aromatic carbocycles. The third-order valence-electron chi connectivity index (χ3n) is 4.59. The zero-order valence-electron chi connectivity index (χ0n) is 15.2. The van der Waals surface area contributed by atoms with E-state index in [0.717, 1.165) is 23.1 Å². The Morgan fingerprint density at radius 2 is 1.83 bits per heavy atom. The fraction of sp³-hybridized carbons (Fsp3) is 0.450. The molecule has 23 heavy (non-hydrogen) atoms. The molecule has 0 spiro atoms. The monoisotopic (exact) mass is 327 g/mol. The number of carbonyl (C=O) groups is 1. The minimum absolute atomic E-state index is 0.277. The van der Waals surface area contributed by atoms with Crippen molar-refractivity contribution in [2.75, 3.05) is 0 Å². The molecule has 2 rings (SSSR count). The number of rotatable bonds is 5. The number of allylic oxidation sites excluding steroid dienone is 4. The largest absolute Gasteiger partial charge is 0.366 e. The Morgan fingerprint density at radius 3 is 2.22 bits per heavy atom. The summed E-state index contributed by atoms with van der Waals surface area (Å²) in [6.45, 7) is 13.4. The normalized spacial score (nSPS) is 14.2.